The van der Waals surface area contributed by atoms with E-state index in [0.717, 1.165) is 18.4 Å². The summed E-state index contributed by atoms with van der Waals surface area (Å²) in [6, 6.07) is 9.91. The fourth-order valence-electron chi connectivity index (χ4n) is 3.76. The van der Waals surface area contributed by atoms with Gasteiger partial charge in [0.1, 0.15) is 17.0 Å². The molecule has 0 bridgehead atoms. The van der Waals surface area contributed by atoms with Gasteiger partial charge in [-0.1, -0.05) is 57.2 Å². The molecule has 0 amide bonds. The lowest BCUT2D eigenvalue weighted by Crippen LogP contribution is -2.06. The lowest BCUT2D eigenvalue weighted by molar-refractivity contribution is 0.290. The highest BCUT2D eigenvalue weighted by Crippen LogP contribution is 2.23. The van der Waals surface area contributed by atoms with E-state index in [2.05, 4.69) is 6.92 Å². The third kappa shape index (κ3) is 6.16. The highest BCUT2D eigenvalue weighted by Gasteiger charge is 2.13. The number of benzene rings is 2. The van der Waals surface area contributed by atoms with Crippen LogP contribution in [0.2, 0.25) is 0 Å². The number of rotatable bonds is 11. The van der Waals surface area contributed by atoms with Crippen LogP contribution in [-0.4, -0.2) is 6.61 Å². The van der Waals surface area contributed by atoms with E-state index >= 15 is 0 Å². The molecule has 3 rings (SSSR count). The Kier molecular flexibility index (Phi) is 8.21. The van der Waals surface area contributed by atoms with E-state index in [4.69, 9.17) is 9.15 Å². The number of fused-ring (bicyclic) bond motifs is 1. The summed E-state index contributed by atoms with van der Waals surface area (Å²) in [6.45, 7) is 4.35. The standard InChI is InChI=1S/C26H30F2O3/c1-3-4-5-6-7-8-15-30-23-14-10-19(17-22(23)27)9-11-20-12-13-21-16-18(2)31-26(29)24(21)25(20)28/h10,12-14,16-17H,3-9,11,15H2,1-2H3. The lowest BCUT2D eigenvalue weighted by Gasteiger charge is -2.10. The lowest BCUT2D eigenvalue weighted by atomic mass is 10.0. The highest BCUT2D eigenvalue weighted by molar-refractivity contribution is 5.82. The van der Waals surface area contributed by atoms with Crippen molar-refractivity contribution in [1.29, 1.82) is 0 Å². The van der Waals surface area contributed by atoms with Crippen LogP contribution in [0.25, 0.3) is 10.8 Å². The summed E-state index contributed by atoms with van der Waals surface area (Å²) in [5.74, 6) is -0.273. The van der Waals surface area contributed by atoms with Gasteiger partial charge in [0, 0.05) is 0 Å². The zero-order valence-electron chi connectivity index (χ0n) is 18.3. The molecule has 0 atom stereocenters. The Bertz CT molecular complexity index is 1070. The van der Waals surface area contributed by atoms with Crippen molar-refractivity contribution in [3.05, 3.63) is 75.3 Å². The van der Waals surface area contributed by atoms with Crippen molar-refractivity contribution < 1.29 is 17.9 Å². The number of halogens is 2. The molecule has 1 heterocycles. The van der Waals surface area contributed by atoms with Gasteiger partial charge in [-0.3, -0.25) is 0 Å². The second-order valence-electron chi connectivity index (χ2n) is 8.03. The van der Waals surface area contributed by atoms with Crippen LogP contribution in [0.3, 0.4) is 0 Å². The summed E-state index contributed by atoms with van der Waals surface area (Å²) in [7, 11) is 0. The predicted molar refractivity (Wildman–Crippen MR) is 120 cm³/mol. The van der Waals surface area contributed by atoms with Crippen LogP contribution >= 0.6 is 0 Å². The van der Waals surface area contributed by atoms with Gasteiger partial charge in [-0.2, -0.15) is 0 Å². The van der Waals surface area contributed by atoms with Crippen LogP contribution in [0.4, 0.5) is 8.78 Å². The smallest absolute Gasteiger partial charge is 0.346 e. The Labute approximate surface area is 182 Å². The van der Waals surface area contributed by atoms with Gasteiger partial charge in [0.25, 0.3) is 0 Å². The van der Waals surface area contributed by atoms with Crippen LogP contribution in [-0.2, 0) is 12.8 Å². The molecule has 1 aromatic heterocycles. The molecule has 0 fully saturated rings. The first kappa shape index (κ1) is 23.0. The predicted octanol–water partition coefficient (Wildman–Crippen LogP) is 6.90. The van der Waals surface area contributed by atoms with Crippen molar-refractivity contribution >= 4 is 10.8 Å². The third-order valence-electron chi connectivity index (χ3n) is 5.51. The quantitative estimate of drug-likeness (QED) is 0.312. The number of unbranched alkanes of at least 4 members (excludes halogenated alkanes) is 5. The number of hydrogen-bond donors (Lipinski definition) is 0. The molecule has 0 aliphatic carbocycles. The van der Waals surface area contributed by atoms with Gasteiger partial charge in [-0.15, -0.1) is 0 Å². The molecule has 0 spiro atoms. The first-order chi connectivity index (χ1) is 15.0. The molecule has 0 unspecified atom stereocenters. The van der Waals surface area contributed by atoms with E-state index in [9.17, 15) is 13.6 Å². The first-order valence-electron chi connectivity index (χ1n) is 11.1. The molecular weight excluding hydrogens is 398 g/mol. The van der Waals surface area contributed by atoms with Crippen LogP contribution in [0.5, 0.6) is 5.75 Å². The van der Waals surface area contributed by atoms with Crippen molar-refractivity contribution in [3.8, 4) is 5.75 Å². The first-order valence-corrected chi connectivity index (χ1v) is 11.1. The molecule has 2 aromatic carbocycles. The Morgan fingerprint density at radius 2 is 1.71 bits per heavy atom. The molecule has 0 saturated heterocycles. The Balaban J connectivity index is 1.57. The largest absolute Gasteiger partial charge is 0.491 e. The van der Waals surface area contributed by atoms with Crippen molar-refractivity contribution in [3.63, 3.8) is 0 Å². The summed E-state index contributed by atoms with van der Waals surface area (Å²) >= 11 is 0. The molecule has 5 heteroatoms. The number of ether oxygens (including phenoxy) is 1. The topological polar surface area (TPSA) is 39.4 Å². The maximum absolute atomic E-state index is 14.8. The highest BCUT2D eigenvalue weighted by atomic mass is 19.1. The third-order valence-corrected chi connectivity index (χ3v) is 5.51. The zero-order chi connectivity index (χ0) is 22.2. The maximum Gasteiger partial charge on any atom is 0.346 e. The molecule has 166 valence electrons. The zero-order valence-corrected chi connectivity index (χ0v) is 18.3. The minimum Gasteiger partial charge on any atom is -0.491 e. The van der Waals surface area contributed by atoms with Gasteiger partial charge in [-0.05, 0) is 60.9 Å². The number of hydrogen-bond acceptors (Lipinski definition) is 3. The van der Waals surface area contributed by atoms with E-state index in [1.54, 1.807) is 37.3 Å². The SMILES string of the molecule is CCCCCCCCOc1ccc(CCc2ccc3cc(C)oc(=O)c3c2F)cc1F. The minimum atomic E-state index is -0.674. The molecular formula is C26H30F2O3. The molecule has 0 saturated carbocycles. The molecule has 0 aliphatic heterocycles. The Hall–Kier alpha value is -2.69. The van der Waals surface area contributed by atoms with Crippen molar-refractivity contribution in [2.45, 2.75) is 65.2 Å². The van der Waals surface area contributed by atoms with Gasteiger partial charge in [-0.25, -0.2) is 13.6 Å². The Morgan fingerprint density at radius 1 is 0.935 bits per heavy atom. The van der Waals surface area contributed by atoms with Gasteiger partial charge >= 0.3 is 5.63 Å². The normalized spacial score (nSPS) is 11.2. The van der Waals surface area contributed by atoms with Crippen LogP contribution in [0.1, 0.15) is 62.3 Å². The molecule has 0 radical (unpaired) electrons. The van der Waals surface area contributed by atoms with Crippen molar-refractivity contribution in [1.82, 2.24) is 0 Å². The molecule has 0 aliphatic rings. The van der Waals surface area contributed by atoms with Gasteiger partial charge in [0.2, 0.25) is 0 Å². The Morgan fingerprint density at radius 3 is 2.48 bits per heavy atom. The van der Waals surface area contributed by atoms with Crippen molar-refractivity contribution in [2.75, 3.05) is 6.61 Å². The minimum absolute atomic E-state index is 0.0345. The van der Waals surface area contributed by atoms with Gasteiger partial charge in [0.15, 0.2) is 11.6 Å². The van der Waals surface area contributed by atoms with Crippen LogP contribution < -0.4 is 10.4 Å². The molecule has 3 aromatic rings. The fourth-order valence-corrected chi connectivity index (χ4v) is 3.76. The summed E-state index contributed by atoms with van der Waals surface area (Å²) in [4.78, 5) is 12.0. The van der Waals surface area contributed by atoms with E-state index < -0.39 is 17.3 Å². The summed E-state index contributed by atoms with van der Waals surface area (Å²) in [5, 5.41) is 0.487. The maximum atomic E-state index is 14.8. The average Bonchev–Trinajstić information content (AvgIpc) is 2.73. The number of aryl methyl sites for hydroxylation is 3. The van der Waals surface area contributed by atoms with E-state index in [0.29, 0.717) is 36.2 Å². The molecule has 3 nitrogen and oxygen atoms in total. The van der Waals surface area contributed by atoms with E-state index in [-0.39, 0.29) is 11.1 Å². The van der Waals surface area contributed by atoms with E-state index in [1.807, 2.05) is 0 Å². The van der Waals surface area contributed by atoms with Crippen LogP contribution in [0, 0.1) is 18.6 Å². The summed E-state index contributed by atoms with van der Waals surface area (Å²) in [5.41, 5.74) is 0.486. The summed E-state index contributed by atoms with van der Waals surface area (Å²) < 4.78 is 39.8. The van der Waals surface area contributed by atoms with Crippen LogP contribution in [0.15, 0.2) is 45.6 Å². The molecule has 31 heavy (non-hydrogen) atoms. The second kappa shape index (κ2) is 11.1. The monoisotopic (exact) mass is 428 g/mol. The fraction of sp³-hybridized carbons (Fsp3) is 0.423. The van der Waals surface area contributed by atoms with Gasteiger partial charge in [0.05, 0.1) is 6.61 Å². The second-order valence-corrected chi connectivity index (χ2v) is 8.03. The van der Waals surface area contributed by atoms with Gasteiger partial charge < -0.3 is 9.15 Å². The average molecular weight is 429 g/mol. The van der Waals surface area contributed by atoms with E-state index in [1.165, 1.54) is 31.7 Å². The van der Waals surface area contributed by atoms with Crippen molar-refractivity contribution in [2.24, 2.45) is 0 Å². The summed E-state index contributed by atoms with van der Waals surface area (Å²) in [6.07, 6.45) is 7.71. The molecule has 0 N–H and O–H groups in total.